The molecule has 1 aromatic rings. The summed E-state index contributed by atoms with van der Waals surface area (Å²) in [6.07, 6.45) is 2.31. The zero-order valence-electron chi connectivity index (χ0n) is 13.2. The molecule has 21 heavy (non-hydrogen) atoms. The fourth-order valence-corrected chi connectivity index (χ4v) is 2.85. The Morgan fingerprint density at radius 1 is 1.38 bits per heavy atom. The first kappa shape index (κ1) is 15.7. The Labute approximate surface area is 127 Å². The lowest BCUT2D eigenvalue weighted by atomic mass is 9.97. The monoisotopic (exact) mass is 291 g/mol. The molecular formula is C17H25NO3. The molecule has 1 heterocycles. The Balaban J connectivity index is 1.79. The minimum atomic E-state index is 0.0732. The molecule has 116 valence electrons. The lowest BCUT2D eigenvalue weighted by Crippen LogP contribution is -2.33. The summed E-state index contributed by atoms with van der Waals surface area (Å²) in [5, 5.41) is 0. The van der Waals surface area contributed by atoms with Crippen LogP contribution >= 0.6 is 0 Å². The van der Waals surface area contributed by atoms with Crippen molar-refractivity contribution in [2.75, 3.05) is 26.8 Å². The summed E-state index contributed by atoms with van der Waals surface area (Å²) in [5.41, 5.74) is 0. The average molecular weight is 291 g/mol. The van der Waals surface area contributed by atoms with Crippen LogP contribution in [-0.2, 0) is 4.79 Å². The molecule has 1 atom stereocenters. The molecule has 2 rings (SSSR count). The fraction of sp³-hybridized carbons (Fsp3) is 0.588. The number of carbonyl (C=O) groups is 1. The molecule has 0 unspecified atom stereocenters. The SMILES string of the molecule is COc1cccc(OCC(=O)N2CC[C@@H](CC(C)C)C2)c1. The van der Waals surface area contributed by atoms with E-state index in [0.29, 0.717) is 17.6 Å². The third-order valence-electron chi connectivity index (χ3n) is 3.85. The predicted octanol–water partition coefficient (Wildman–Crippen LogP) is 2.97. The fourth-order valence-electron chi connectivity index (χ4n) is 2.85. The Hall–Kier alpha value is -1.71. The quantitative estimate of drug-likeness (QED) is 0.809. The number of hydrogen-bond donors (Lipinski definition) is 0. The summed E-state index contributed by atoms with van der Waals surface area (Å²) >= 11 is 0. The van der Waals surface area contributed by atoms with Crippen LogP contribution in [0.3, 0.4) is 0 Å². The van der Waals surface area contributed by atoms with Crippen molar-refractivity contribution in [2.24, 2.45) is 11.8 Å². The van der Waals surface area contributed by atoms with E-state index in [1.807, 2.05) is 23.1 Å². The molecule has 0 aromatic heterocycles. The van der Waals surface area contributed by atoms with Crippen LogP contribution in [0.4, 0.5) is 0 Å². The normalized spacial score (nSPS) is 18.1. The Morgan fingerprint density at radius 3 is 2.86 bits per heavy atom. The molecule has 0 bridgehead atoms. The van der Waals surface area contributed by atoms with E-state index in [-0.39, 0.29) is 12.5 Å². The molecule has 0 spiro atoms. The van der Waals surface area contributed by atoms with Gasteiger partial charge in [0.15, 0.2) is 6.61 Å². The zero-order chi connectivity index (χ0) is 15.2. The van der Waals surface area contributed by atoms with E-state index in [2.05, 4.69) is 13.8 Å². The molecule has 1 aliphatic rings. The summed E-state index contributed by atoms with van der Waals surface area (Å²) < 4.78 is 10.7. The maximum atomic E-state index is 12.2. The molecule has 1 fully saturated rings. The highest BCUT2D eigenvalue weighted by Gasteiger charge is 2.26. The highest BCUT2D eigenvalue weighted by molar-refractivity contribution is 5.78. The lowest BCUT2D eigenvalue weighted by molar-refractivity contribution is -0.132. The van der Waals surface area contributed by atoms with Crippen LogP contribution in [0.15, 0.2) is 24.3 Å². The van der Waals surface area contributed by atoms with Crippen LogP contribution in [0, 0.1) is 11.8 Å². The van der Waals surface area contributed by atoms with Crippen LogP contribution in [-0.4, -0.2) is 37.6 Å². The Morgan fingerprint density at radius 2 is 2.14 bits per heavy atom. The first-order chi connectivity index (χ1) is 10.1. The maximum absolute atomic E-state index is 12.2. The largest absolute Gasteiger partial charge is 0.497 e. The third kappa shape index (κ3) is 4.66. The molecule has 1 aliphatic heterocycles. The highest BCUT2D eigenvalue weighted by atomic mass is 16.5. The van der Waals surface area contributed by atoms with Crippen LogP contribution in [0.2, 0.25) is 0 Å². The van der Waals surface area contributed by atoms with Gasteiger partial charge < -0.3 is 14.4 Å². The van der Waals surface area contributed by atoms with E-state index in [4.69, 9.17) is 9.47 Å². The molecule has 4 heteroatoms. The van der Waals surface area contributed by atoms with Gasteiger partial charge in [0.05, 0.1) is 7.11 Å². The summed E-state index contributed by atoms with van der Waals surface area (Å²) in [4.78, 5) is 14.1. The Bertz CT molecular complexity index is 473. The first-order valence-corrected chi connectivity index (χ1v) is 7.63. The molecule has 4 nitrogen and oxygen atoms in total. The summed E-state index contributed by atoms with van der Waals surface area (Å²) in [5.74, 6) is 2.81. The molecule has 0 saturated carbocycles. The lowest BCUT2D eigenvalue weighted by Gasteiger charge is -2.17. The van der Waals surface area contributed by atoms with Gasteiger partial charge in [0.2, 0.25) is 0 Å². The minimum absolute atomic E-state index is 0.0732. The van der Waals surface area contributed by atoms with E-state index < -0.39 is 0 Å². The summed E-state index contributed by atoms with van der Waals surface area (Å²) in [6, 6.07) is 7.33. The number of nitrogens with zero attached hydrogens (tertiary/aromatic N) is 1. The van der Waals surface area contributed by atoms with Gasteiger partial charge in [-0.15, -0.1) is 0 Å². The van der Waals surface area contributed by atoms with Crippen molar-refractivity contribution in [2.45, 2.75) is 26.7 Å². The molecular weight excluding hydrogens is 266 g/mol. The minimum Gasteiger partial charge on any atom is -0.497 e. The summed E-state index contributed by atoms with van der Waals surface area (Å²) in [6.45, 7) is 6.30. The number of benzene rings is 1. The molecule has 0 N–H and O–H groups in total. The zero-order valence-corrected chi connectivity index (χ0v) is 13.2. The molecule has 0 aliphatic carbocycles. The van der Waals surface area contributed by atoms with Gasteiger partial charge in [0.1, 0.15) is 11.5 Å². The van der Waals surface area contributed by atoms with Gasteiger partial charge in [-0.05, 0) is 36.8 Å². The van der Waals surface area contributed by atoms with Crippen molar-refractivity contribution < 1.29 is 14.3 Å². The third-order valence-corrected chi connectivity index (χ3v) is 3.85. The molecule has 1 amide bonds. The standard InChI is InChI=1S/C17H25NO3/c1-13(2)9-14-7-8-18(11-14)17(19)12-21-16-6-4-5-15(10-16)20-3/h4-6,10,13-14H,7-9,11-12H2,1-3H3/t14-/m0/s1. The van der Waals surface area contributed by atoms with Crippen LogP contribution in [0.1, 0.15) is 26.7 Å². The Kier molecular flexibility index (Phi) is 5.48. The van der Waals surface area contributed by atoms with Gasteiger partial charge in [-0.3, -0.25) is 4.79 Å². The number of ether oxygens (including phenoxy) is 2. The number of likely N-dealkylation sites (tertiary alicyclic amines) is 1. The second-order valence-corrected chi connectivity index (χ2v) is 6.09. The van der Waals surface area contributed by atoms with Gasteiger partial charge >= 0.3 is 0 Å². The van der Waals surface area contributed by atoms with Crippen molar-refractivity contribution in [1.29, 1.82) is 0 Å². The van der Waals surface area contributed by atoms with Gasteiger partial charge in [0, 0.05) is 19.2 Å². The number of amides is 1. The number of rotatable bonds is 6. The number of methoxy groups -OCH3 is 1. The van der Waals surface area contributed by atoms with Crippen LogP contribution < -0.4 is 9.47 Å². The van der Waals surface area contributed by atoms with Crippen molar-refractivity contribution in [3.8, 4) is 11.5 Å². The number of carbonyl (C=O) groups excluding carboxylic acids is 1. The van der Waals surface area contributed by atoms with E-state index in [0.717, 1.165) is 25.3 Å². The van der Waals surface area contributed by atoms with Crippen LogP contribution in [0.5, 0.6) is 11.5 Å². The highest BCUT2D eigenvalue weighted by Crippen LogP contribution is 2.24. The summed E-state index contributed by atoms with van der Waals surface area (Å²) in [7, 11) is 1.61. The predicted molar refractivity (Wildman–Crippen MR) is 82.6 cm³/mol. The van der Waals surface area contributed by atoms with E-state index in [1.165, 1.54) is 6.42 Å². The number of hydrogen-bond acceptors (Lipinski definition) is 3. The van der Waals surface area contributed by atoms with E-state index in [9.17, 15) is 4.79 Å². The van der Waals surface area contributed by atoms with Gasteiger partial charge in [-0.25, -0.2) is 0 Å². The smallest absolute Gasteiger partial charge is 0.260 e. The van der Waals surface area contributed by atoms with Gasteiger partial charge in [0.25, 0.3) is 5.91 Å². The molecule has 1 saturated heterocycles. The van der Waals surface area contributed by atoms with Gasteiger partial charge in [-0.1, -0.05) is 19.9 Å². The molecule has 1 aromatic carbocycles. The van der Waals surface area contributed by atoms with Gasteiger partial charge in [-0.2, -0.15) is 0 Å². The van der Waals surface area contributed by atoms with Crippen molar-refractivity contribution in [3.63, 3.8) is 0 Å². The second-order valence-electron chi connectivity index (χ2n) is 6.09. The first-order valence-electron chi connectivity index (χ1n) is 7.63. The second kappa shape index (κ2) is 7.34. The van der Waals surface area contributed by atoms with Crippen LogP contribution in [0.25, 0.3) is 0 Å². The van der Waals surface area contributed by atoms with Crippen molar-refractivity contribution in [1.82, 2.24) is 4.90 Å². The van der Waals surface area contributed by atoms with Crippen molar-refractivity contribution in [3.05, 3.63) is 24.3 Å². The average Bonchev–Trinajstić information content (AvgIpc) is 2.92. The topological polar surface area (TPSA) is 38.8 Å². The van der Waals surface area contributed by atoms with Crippen molar-refractivity contribution >= 4 is 5.91 Å². The van der Waals surface area contributed by atoms with E-state index >= 15 is 0 Å². The van der Waals surface area contributed by atoms with E-state index in [1.54, 1.807) is 13.2 Å². The molecule has 0 radical (unpaired) electrons. The maximum Gasteiger partial charge on any atom is 0.260 e.